The summed E-state index contributed by atoms with van der Waals surface area (Å²) in [7, 11) is 0. The minimum absolute atomic E-state index is 0.610. The molecule has 0 aliphatic carbocycles. The van der Waals surface area contributed by atoms with Crippen LogP contribution in [0.15, 0.2) is 54.6 Å². The van der Waals surface area contributed by atoms with Crippen LogP contribution in [0.2, 0.25) is 0 Å². The van der Waals surface area contributed by atoms with Gasteiger partial charge < -0.3 is 0 Å². The summed E-state index contributed by atoms with van der Waals surface area (Å²) in [5.41, 5.74) is 2.86. The molecule has 1 atom stereocenters. The average molecular weight is 183 g/mol. The van der Waals surface area contributed by atoms with Crippen LogP contribution in [-0.2, 0) is 6.42 Å². The van der Waals surface area contributed by atoms with Crippen LogP contribution in [0.25, 0.3) is 0 Å². The molecule has 0 aliphatic heterocycles. The van der Waals surface area contributed by atoms with E-state index in [-0.39, 0.29) is 0 Å². The normalized spacial score (nSPS) is 12.6. The molecule has 0 N–H and O–H groups in total. The lowest BCUT2D eigenvalue weighted by atomic mass is 9.95. The van der Waals surface area contributed by atoms with Crippen LogP contribution in [-0.4, -0.2) is 0 Å². The fraction of sp³-hybridized carbons (Fsp3) is 0.214. The molecule has 0 radical (unpaired) electrons. The standard InChI is InChI=1S/C14H15/c1-12(11-13-7-5-6-8-13)14-9-3-2-4-10-14/h2-10,12H,11H2,1H3/q-1. The minimum atomic E-state index is 0.610. The molecule has 72 valence electrons. The van der Waals surface area contributed by atoms with Gasteiger partial charge in [-0.2, -0.15) is 17.7 Å². The molecular weight excluding hydrogens is 168 g/mol. The van der Waals surface area contributed by atoms with Crippen molar-refractivity contribution in [2.24, 2.45) is 0 Å². The zero-order valence-electron chi connectivity index (χ0n) is 8.48. The molecule has 0 heteroatoms. The minimum Gasteiger partial charge on any atom is -0.213 e. The highest BCUT2D eigenvalue weighted by molar-refractivity contribution is 5.24. The summed E-state index contributed by atoms with van der Waals surface area (Å²) in [5.74, 6) is 0.610. The third kappa shape index (κ3) is 2.08. The van der Waals surface area contributed by atoms with E-state index in [1.54, 1.807) is 0 Å². The Bertz CT molecular complexity index is 356. The highest BCUT2D eigenvalue weighted by Gasteiger charge is 2.02. The zero-order valence-corrected chi connectivity index (χ0v) is 8.48. The quantitative estimate of drug-likeness (QED) is 0.636. The van der Waals surface area contributed by atoms with Gasteiger partial charge in [0.2, 0.25) is 0 Å². The topological polar surface area (TPSA) is 0 Å². The Hall–Kier alpha value is -1.43. The van der Waals surface area contributed by atoms with Crippen LogP contribution in [0.1, 0.15) is 24.0 Å². The molecule has 14 heavy (non-hydrogen) atoms. The molecular formula is C14H15-. The van der Waals surface area contributed by atoms with Crippen LogP contribution < -0.4 is 0 Å². The first kappa shape index (κ1) is 9.14. The molecule has 0 aliphatic rings. The molecule has 2 aromatic carbocycles. The van der Waals surface area contributed by atoms with Crippen LogP contribution in [0.4, 0.5) is 0 Å². The van der Waals surface area contributed by atoms with Gasteiger partial charge in [0.15, 0.2) is 0 Å². The van der Waals surface area contributed by atoms with Crippen LogP contribution in [0.5, 0.6) is 0 Å². The van der Waals surface area contributed by atoms with Crippen molar-refractivity contribution in [3.05, 3.63) is 65.7 Å². The molecule has 0 saturated carbocycles. The Morgan fingerprint density at radius 2 is 1.86 bits per heavy atom. The van der Waals surface area contributed by atoms with Crippen molar-refractivity contribution in [1.82, 2.24) is 0 Å². The maximum Gasteiger partial charge on any atom is -0.0170 e. The Kier molecular flexibility index (Phi) is 2.73. The lowest BCUT2D eigenvalue weighted by molar-refractivity contribution is 0.761. The SMILES string of the molecule is CC(Cc1ccc[cH-]1)c1ccccc1. The molecule has 0 spiro atoms. The van der Waals surface area contributed by atoms with Crippen molar-refractivity contribution in [2.45, 2.75) is 19.3 Å². The molecule has 2 rings (SSSR count). The van der Waals surface area contributed by atoms with Gasteiger partial charge >= 0.3 is 0 Å². The summed E-state index contributed by atoms with van der Waals surface area (Å²) < 4.78 is 0. The van der Waals surface area contributed by atoms with Gasteiger partial charge in [0.05, 0.1) is 0 Å². The van der Waals surface area contributed by atoms with E-state index in [0.29, 0.717) is 5.92 Å². The fourth-order valence-electron chi connectivity index (χ4n) is 1.80. The van der Waals surface area contributed by atoms with E-state index in [1.807, 2.05) is 0 Å². The predicted octanol–water partition coefficient (Wildman–Crippen LogP) is 3.75. The molecule has 0 amide bonds. The Morgan fingerprint density at radius 1 is 1.07 bits per heavy atom. The van der Waals surface area contributed by atoms with Crippen molar-refractivity contribution < 1.29 is 0 Å². The van der Waals surface area contributed by atoms with Crippen LogP contribution in [0, 0.1) is 0 Å². The molecule has 0 saturated heterocycles. The van der Waals surface area contributed by atoms with Gasteiger partial charge in [-0.25, -0.2) is 12.1 Å². The van der Waals surface area contributed by atoms with Crippen LogP contribution in [0.3, 0.4) is 0 Å². The summed E-state index contributed by atoms with van der Waals surface area (Å²) in [6.45, 7) is 2.28. The maximum absolute atomic E-state index is 2.28. The highest BCUT2D eigenvalue weighted by Crippen LogP contribution is 2.19. The van der Waals surface area contributed by atoms with Crippen molar-refractivity contribution in [3.63, 3.8) is 0 Å². The van der Waals surface area contributed by atoms with E-state index in [0.717, 1.165) is 6.42 Å². The van der Waals surface area contributed by atoms with Crippen LogP contribution >= 0.6 is 0 Å². The first-order valence-corrected chi connectivity index (χ1v) is 5.12. The molecule has 2 aromatic rings. The van der Waals surface area contributed by atoms with Gasteiger partial charge in [-0.05, 0) is 17.9 Å². The van der Waals surface area contributed by atoms with Gasteiger partial charge in [-0.15, -0.1) is 0 Å². The van der Waals surface area contributed by atoms with Gasteiger partial charge in [0.25, 0.3) is 0 Å². The lowest BCUT2D eigenvalue weighted by Crippen LogP contribution is -1.96. The average Bonchev–Trinajstić information content (AvgIpc) is 2.72. The smallest absolute Gasteiger partial charge is 0.0170 e. The fourth-order valence-corrected chi connectivity index (χ4v) is 1.80. The van der Waals surface area contributed by atoms with E-state index in [9.17, 15) is 0 Å². The third-order valence-electron chi connectivity index (χ3n) is 2.64. The number of rotatable bonds is 3. The number of benzene rings is 1. The van der Waals surface area contributed by atoms with Gasteiger partial charge in [0.1, 0.15) is 0 Å². The number of hydrogen-bond donors (Lipinski definition) is 0. The largest absolute Gasteiger partial charge is 0.213 e. The van der Waals surface area contributed by atoms with E-state index < -0.39 is 0 Å². The monoisotopic (exact) mass is 183 g/mol. The van der Waals surface area contributed by atoms with E-state index >= 15 is 0 Å². The Balaban J connectivity index is 2.07. The Labute approximate surface area is 85.6 Å². The van der Waals surface area contributed by atoms with Crippen molar-refractivity contribution in [1.29, 1.82) is 0 Å². The zero-order chi connectivity index (χ0) is 9.80. The summed E-state index contributed by atoms with van der Waals surface area (Å²) in [6, 6.07) is 19.3. The second kappa shape index (κ2) is 4.19. The molecule has 0 nitrogen and oxygen atoms in total. The molecule has 1 unspecified atom stereocenters. The van der Waals surface area contributed by atoms with E-state index in [1.165, 1.54) is 11.1 Å². The van der Waals surface area contributed by atoms with Gasteiger partial charge in [-0.1, -0.05) is 37.3 Å². The van der Waals surface area contributed by atoms with E-state index in [2.05, 4.69) is 61.5 Å². The van der Waals surface area contributed by atoms with Gasteiger partial charge in [0, 0.05) is 0 Å². The van der Waals surface area contributed by atoms with E-state index in [4.69, 9.17) is 0 Å². The van der Waals surface area contributed by atoms with Crippen molar-refractivity contribution in [2.75, 3.05) is 0 Å². The first-order valence-electron chi connectivity index (χ1n) is 5.12. The summed E-state index contributed by atoms with van der Waals surface area (Å²) in [6.07, 6.45) is 1.14. The summed E-state index contributed by atoms with van der Waals surface area (Å²) in [5, 5.41) is 0. The maximum atomic E-state index is 2.28. The summed E-state index contributed by atoms with van der Waals surface area (Å²) >= 11 is 0. The number of hydrogen-bond acceptors (Lipinski definition) is 0. The second-order valence-electron chi connectivity index (χ2n) is 3.81. The third-order valence-corrected chi connectivity index (χ3v) is 2.64. The highest BCUT2D eigenvalue weighted by atomic mass is 14.1. The van der Waals surface area contributed by atoms with Crippen molar-refractivity contribution >= 4 is 0 Å². The predicted molar refractivity (Wildman–Crippen MR) is 60.6 cm³/mol. The van der Waals surface area contributed by atoms with Crippen molar-refractivity contribution in [3.8, 4) is 0 Å². The Morgan fingerprint density at radius 3 is 2.50 bits per heavy atom. The molecule has 0 bridgehead atoms. The summed E-state index contributed by atoms with van der Waals surface area (Å²) in [4.78, 5) is 0. The molecule has 0 heterocycles. The molecule has 0 fully saturated rings. The first-order chi connectivity index (χ1) is 6.86. The second-order valence-corrected chi connectivity index (χ2v) is 3.81. The lowest BCUT2D eigenvalue weighted by Gasteiger charge is -2.12. The van der Waals surface area contributed by atoms with Gasteiger partial charge in [-0.3, -0.25) is 0 Å². The molecule has 0 aromatic heterocycles.